The number of benzene rings is 1. The molecule has 8 nitrogen and oxygen atoms in total. The summed E-state index contributed by atoms with van der Waals surface area (Å²) < 4.78 is 17.9. The molecule has 1 aliphatic heterocycles. The number of thiophene rings is 1. The van der Waals surface area contributed by atoms with Crippen LogP contribution in [0.5, 0.6) is 0 Å². The Morgan fingerprint density at radius 3 is 2.94 bits per heavy atom. The van der Waals surface area contributed by atoms with Gasteiger partial charge in [0.1, 0.15) is 17.2 Å². The van der Waals surface area contributed by atoms with E-state index in [9.17, 15) is 4.79 Å². The van der Waals surface area contributed by atoms with Gasteiger partial charge in [-0.3, -0.25) is 9.69 Å². The van der Waals surface area contributed by atoms with Crippen LogP contribution in [0, 0.1) is 18.2 Å². The molecular formula is C26H20FN7OS. The Hall–Kier alpha value is -4.20. The van der Waals surface area contributed by atoms with Gasteiger partial charge in [0.2, 0.25) is 0 Å². The van der Waals surface area contributed by atoms with Crippen LogP contribution >= 0.6 is 11.3 Å². The molecule has 36 heavy (non-hydrogen) atoms. The molecule has 0 saturated carbocycles. The lowest BCUT2D eigenvalue weighted by Crippen LogP contribution is -2.49. The zero-order valence-corrected chi connectivity index (χ0v) is 19.9. The Kier molecular flexibility index (Phi) is 5.64. The predicted octanol–water partition coefficient (Wildman–Crippen LogP) is 3.94. The highest BCUT2D eigenvalue weighted by Crippen LogP contribution is 2.34. The monoisotopic (exact) mass is 497 g/mol. The molecule has 0 unspecified atom stereocenters. The summed E-state index contributed by atoms with van der Waals surface area (Å²) in [5, 5.41) is 12.3. The smallest absolute Gasteiger partial charge is 0.262 e. The minimum absolute atomic E-state index is 0.0482. The van der Waals surface area contributed by atoms with Crippen molar-refractivity contribution in [2.75, 3.05) is 18.0 Å². The first-order valence-electron chi connectivity index (χ1n) is 11.5. The Labute approximate surface area is 209 Å². The Morgan fingerprint density at radius 2 is 2.14 bits per heavy atom. The van der Waals surface area contributed by atoms with Gasteiger partial charge in [0.25, 0.3) is 5.91 Å². The van der Waals surface area contributed by atoms with E-state index in [2.05, 4.69) is 31.5 Å². The number of rotatable bonds is 4. The molecule has 1 atom stereocenters. The molecule has 6 rings (SSSR count). The highest BCUT2D eigenvalue weighted by molar-refractivity contribution is 7.19. The lowest BCUT2D eigenvalue weighted by Gasteiger charge is -2.34. The van der Waals surface area contributed by atoms with Crippen molar-refractivity contribution in [1.82, 2.24) is 30.3 Å². The van der Waals surface area contributed by atoms with Gasteiger partial charge in [0.15, 0.2) is 5.65 Å². The van der Waals surface area contributed by atoms with E-state index in [1.165, 1.54) is 28.2 Å². The fourth-order valence-corrected chi connectivity index (χ4v) is 5.44. The van der Waals surface area contributed by atoms with Crippen molar-refractivity contribution in [3.05, 3.63) is 71.1 Å². The van der Waals surface area contributed by atoms with E-state index in [0.717, 1.165) is 34.3 Å². The third kappa shape index (κ3) is 3.79. The molecule has 5 aromatic rings. The van der Waals surface area contributed by atoms with Crippen LogP contribution in [0.25, 0.3) is 26.9 Å². The third-order valence-electron chi connectivity index (χ3n) is 6.29. The number of aromatic nitrogens is 5. The number of hydrogen-bond acceptors (Lipinski definition) is 7. The zero-order chi connectivity index (χ0) is 24.6. The molecule has 1 fully saturated rings. The van der Waals surface area contributed by atoms with Gasteiger partial charge < -0.3 is 5.32 Å². The average Bonchev–Trinajstić information content (AvgIpc) is 3.54. The van der Waals surface area contributed by atoms with Gasteiger partial charge in [-0.25, -0.2) is 14.4 Å². The second-order valence-electron chi connectivity index (χ2n) is 8.49. The van der Waals surface area contributed by atoms with E-state index in [0.29, 0.717) is 29.2 Å². The van der Waals surface area contributed by atoms with Gasteiger partial charge in [-0.2, -0.15) is 4.68 Å². The molecule has 0 aliphatic carbocycles. The van der Waals surface area contributed by atoms with Crippen LogP contribution in [-0.4, -0.2) is 50.0 Å². The number of carbonyl (C=O) groups is 1. The van der Waals surface area contributed by atoms with Crippen LogP contribution in [-0.2, 0) is 0 Å². The number of fused-ring (bicyclic) bond motifs is 2. The molecule has 178 valence electrons. The van der Waals surface area contributed by atoms with Crippen LogP contribution in [0.2, 0.25) is 0 Å². The number of carbonyl (C=O) groups excluding carboxylic acids is 1. The van der Waals surface area contributed by atoms with E-state index in [1.54, 1.807) is 35.5 Å². The average molecular weight is 498 g/mol. The van der Waals surface area contributed by atoms with Crippen molar-refractivity contribution in [2.24, 2.45) is 0 Å². The maximum atomic E-state index is 15.5. The van der Waals surface area contributed by atoms with E-state index in [1.807, 2.05) is 12.1 Å². The number of nitrogens with one attached hydrogen (secondary N) is 1. The summed E-state index contributed by atoms with van der Waals surface area (Å²) in [6.45, 7) is 1.46. The van der Waals surface area contributed by atoms with Crippen LogP contribution in [0.15, 0.2) is 54.9 Å². The predicted molar refractivity (Wildman–Crippen MR) is 137 cm³/mol. The van der Waals surface area contributed by atoms with Crippen molar-refractivity contribution < 1.29 is 9.18 Å². The first kappa shape index (κ1) is 22.3. The summed E-state index contributed by atoms with van der Waals surface area (Å²) in [4.78, 5) is 25.1. The highest BCUT2D eigenvalue weighted by atomic mass is 32.1. The SMILES string of the molecule is C#Cc1cc2c(N(C(=O)c3ccc(-n4nnc5cccnc54)cc3F)[C@@H]3CCCNC3)nccc2s1. The van der Waals surface area contributed by atoms with Gasteiger partial charge >= 0.3 is 0 Å². The van der Waals surface area contributed by atoms with Gasteiger partial charge in [-0.1, -0.05) is 11.1 Å². The molecule has 0 bridgehead atoms. The number of hydrogen-bond donors (Lipinski definition) is 1. The third-order valence-corrected chi connectivity index (χ3v) is 7.32. The number of piperidine rings is 1. The quantitative estimate of drug-likeness (QED) is 0.379. The summed E-state index contributed by atoms with van der Waals surface area (Å²) in [5.74, 6) is 2.03. The van der Waals surface area contributed by atoms with Crippen molar-refractivity contribution in [1.29, 1.82) is 0 Å². The lowest BCUT2D eigenvalue weighted by atomic mass is 10.0. The van der Waals surface area contributed by atoms with Crippen LogP contribution in [0.3, 0.4) is 0 Å². The molecule has 1 aromatic carbocycles. The van der Waals surface area contributed by atoms with Crippen LogP contribution < -0.4 is 10.2 Å². The van der Waals surface area contributed by atoms with Gasteiger partial charge in [0.05, 0.1) is 22.2 Å². The Balaban J connectivity index is 1.43. The zero-order valence-electron chi connectivity index (χ0n) is 19.1. The molecule has 10 heteroatoms. The van der Waals surface area contributed by atoms with Gasteiger partial charge in [0, 0.05) is 35.1 Å². The summed E-state index contributed by atoms with van der Waals surface area (Å²) >= 11 is 1.46. The van der Waals surface area contributed by atoms with E-state index in [-0.39, 0.29) is 11.6 Å². The minimum atomic E-state index is -0.660. The highest BCUT2D eigenvalue weighted by Gasteiger charge is 2.32. The maximum absolute atomic E-state index is 15.5. The lowest BCUT2D eigenvalue weighted by molar-refractivity contribution is 0.0968. The molecule has 0 radical (unpaired) electrons. The van der Waals surface area contributed by atoms with Crippen molar-refractivity contribution in [2.45, 2.75) is 18.9 Å². The van der Waals surface area contributed by atoms with Crippen molar-refractivity contribution >= 4 is 44.3 Å². The second kappa shape index (κ2) is 9.11. The number of nitrogens with zero attached hydrogens (tertiary/aromatic N) is 6. The number of anilines is 1. The fraction of sp³-hybridized carbons (Fsp3) is 0.192. The topological polar surface area (TPSA) is 88.8 Å². The number of pyridine rings is 2. The molecule has 1 amide bonds. The van der Waals surface area contributed by atoms with Crippen molar-refractivity contribution in [3.63, 3.8) is 0 Å². The normalized spacial score (nSPS) is 15.7. The molecule has 0 spiro atoms. The Morgan fingerprint density at radius 1 is 1.22 bits per heavy atom. The maximum Gasteiger partial charge on any atom is 0.262 e. The molecule has 1 N–H and O–H groups in total. The summed E-state index contributed by atoms with van der Waals surface area (Å²) in [6.07, 6.45) is 10.6. The number of amides is 1. The Bertz CT molecular complexity index is 1650. The van der Waals surface area contributed by atoms with Crippen molar-refractivity contribution in [3.8, 4) is 18.0 Å². The number of halogens is 1. The van der Waals surface area contributed by atoms with E-state index >= 15 is 4.39 Å². The number of terminal acetylenes is 1. The standard InChI is InChI=1S/C26H20FN7OS/c1-2-18-14-20-23(36-18)9-12-30-24(20)33(17-5-3-10-28-15-17)26(35)19-8-7-16(13-21(19)27)34-25-22(31-32-34)6-4-11-29-25/h1,4,6-9,11-14,17,28H,3,5,10,15H2/t17-/m1/s1. The fourth-order valence-electron chi connectivity index (χ4n) is 4.58. The van der Waals surface area contributed by atoms with Crippen LogP contribution in [0.1, 0.15) is 28.1 Å². The molecule has 5 heterocycles. The summed E-state index contributed by atoms with van der Waals surface area (Å²) in [7, 11) is 0. The van der Waals surface area contributed by atoms with Crippen LogP contribution in [0.4, 0.5) is 10.2 Å². The molecular weight excluding hydrogens is 477 g/mol. The largest absolute Gasteiger partial charge is 0.315 e. The first-order valence-corrected chi connectivity index (χ1v) is 12.3. The first-order chi connectivity index (χ1) is 17.6. The van der Waals surface area contributed by atoms with Gasteiger partial charge in [-0.15, -0.1) is 22.9 Å². The van der Waals surface area contributed by atoms with Gasteiger partial charge in [-0.05, 0) is 55.8 Å². The summed E-state index contributed by atoms with van der Waals surface area (Å²) in [5.41, 5.74) is 1.47. The minimum Gasteiger partial charge on any atom is -0.315 e. The molecule has 4 aromatic heterocycles. The molecule has 1 aliphatic rings. The second-order valence-corrected chi connectivity index (χ2v) is 9.57. The van der Waals surface area contributed by atoms with E-state index in [4.69, 9.17) is 6.42 Å². The molecule has 1 saturated heterocycles. The van der Waals surface area contributed by atoms with E-state index < -0.39 is 11.7 Å². The summed E-state index contributed by atoms with van der Waals surface area (Å²) in [6, 6.07) is 11.5.